The van der Waals surface area contributed by atoms with Crippen molar-refractivity contribution in [2.75, 3.05) is 24.5 Å². The summed E-state index contributed by atoms with van der Waals surface area (Å²) >= 11 is 0. The highest BCUT2D eigenvalue weighted by molar-refractivity contribution is 5.58. The van der Waals surface area contributed by atoms with Crippen LogP contribution in [0.3, 0.4) is 0 Å². The number of aromatic nitrogens is 4. The SMILES string of the molecule is CCN(Cc1nnc(C)o1)[C@H]1CN(c2nnc(C)c(C)c2C#N)C[C@H]1O. The van der Waals surface area contributed by atoms with Crippen molar-refractivity contribution in [3.05, 3.63) is 28.6 Å². The lowest BCUT2D eigenvalue weighted by molar-refractivity contribution is 0.0761. The van der Waals surface area contributed by atoms with Crippen molar-refractivity contribution in [3.8, 4) is 6.07 Å². The number of β-amino-alcohol motifs (C(OH)–C–C–N with tert-alkyl or cyclic N) is 1. The number of likely N-dealkylation sites (N-methyl/N-ethyl adjacent to an activating group) is 1. The minimum absolute atomic E-state index is 0.123. The molecule has 0 radical (unpaired) electrons. The maximum absolute atomic E-state index is 10.6. The van der Waals surface area contributed by atoms with Crippen LogP contribution < -0.4 is 4.90 Å². The fraction of sp³-hybridized carbons (Fsp3) is 0.588. The first-order valence-corrected chi connectivity index (χ1v) is 8.64. The third kappa shape index (κ3) is 3.38. The van der Waals surface area contributed by atoms with Gasteiger partial charge in [-0.15, -0.1) is 15.3 Å². The summed E-state index contributed by atoms with van der Waals surface area (Å²) in [5.41, 5.74) is 2.08. The fourth-order valence-corrected chi connectivity index (χ4v) is 3.29. The molecule has 0 spiro atoms. The zero-order chi connectivity index (χ0) is 18.8. The highest BCUT2D eigenvalue weighted by Crippen LogP contribution is 2.27. The van der Waals surface area contributed by atoms with Gasteiger partial charge >= 0.3 is 0 Å². The van der Waals surface area contributed by atoms with Crippen LogP contribution in [0.5, 0.6) is 0 Å². The molecule has 9 heteroatoms. The first kappa shape index (κ1) is 18.2. The largest absolute Gasteiger partial charge is 0.424 e. The van der Waals surface area contributed by atoms with Gasteiger partial charge in [-0.2, -0.15) is 10.4 Å². The molecule has 9 nitrogen and oxygen atoms in total. The third-order valence-electron chi connectivity index (χ3n) is 4.89. The number of anilines is 1. The summed E-state index contributed by atoms with van der Waals surface area (Å²) in [7, 11) is 0. The van der Waals surface area contributed by atoms with E-state index in [2.05, 4.69) is 31.4 Å². The molecule has 1 N–H and O–H groups in total. The number of aryl methyl sites for hydroxylation is 2. The molecule has 1 fully saturated rings. The van der Waals surface area contributed by atoms with Crippen molar-refractivity contribution in [3.63, 3.8) is 0 Å². The van der Waals surface area contributed by atoms with Crippen molar-refractivity contribution in [2.24, 2.45) is 0 Å². The second-order valence-electron chi connectivity index (χ2n) is 6.54. The second-order valence-corrected chi connectivity index (χ2v) is 6.54. The molecule has 0 aromatic carbocycles. The molecule has 1 aliphatic rings. The molecule has 26 heavy (non-hydrogen) atoms. The lowest BCUT2D eigenvalue weighted by Crippen LogP contribution is -2.42. The zero-order valence-corrected chi connectivity index (χ0v) is 15.5. The van der Waals surface area contributed by atoms with Crippen LogP contribution in [-0.2, 0) is 6.54 Å². The molecule has 0 aliphatic carbocycles. The Morgan fingerprint density at radius 2 is 2.00 bits per heavy atom. The highest BCUT2D eigenvalue weighted by atomic mass is 16.4. The van der Waals surface area contributed by atoms with Gasteiger partial charge in [0.1, 0.15) is 11.6 Å². The Labute approximate surface area is 152 Å². The summed E-state index contributed by atoms with van der Waals surface area (Å²) in [4.78, 5) is 4.02. The zero-order valence-electron chi connectivity index (χ0n) is 15.5. The lowest BCUT2D eigenvalue weighted by atomic mass is 10.1. The van der Waals surface area contributed by atoms with Crippen molar-refractivity contribution in [2.45, 2.75) is 46.4 Å². The number of aliphatic hydroxyl groups excluding tert-OH is 1. The molecule has 2 atom stereocenters. The highest BCUT2D eigenvalue weighted by Gasteiger charge is 2.37. The summed E-state index contributed by atoms with van der Waals surface area (Å²) in [5, 5.41) is 36.4. The van der Waals surface area contributed by atoms with Gasteiger partial charge in [0, 0.05) is 20.0 Å². The van der Waals surface area contributed by atoms with E-state index >= 15 is 0 Å². The van der Waals surface area contributed by atoms with Crippen LogP contribution in [0, 0.1) is 32.1 Å². The maximum Gasteiger partial charge on any atom is 0.230 e. The molecular weight excluding hydrogens is 334 g/mol. The second kappa shape index (κ2) is 7.35. The quantitative estimate of drug-likeness (QED) is 0.826. The Hall–Kier alpha value is -2.57. The van der Waals surface area contributed by atoms with Gasteiger partial charge in [0.15, 0.2) is 5.82 Å². The monoisotopic (exact) mass is 357 g/mol. The van der Waals surface area contributed by atoms with E-state index in [9.17, 15) is 10.4 Å². The molecule has 1 saturated heterocycles. The van der Waals surface area contributed by atoms with Crippen molar-refractivity contribution < 1.29 is 9.52 Å². The molecule has 0 bridgehead atoms. The number of hydrogen-bond donors (Lipinski definition) is 1. The normalized spacial score (nSPS) is 20.0. The van der Waals surface area contributed by atoms with E-state index in [0.717, 1.165) is 17.8 Å². The van der Waals surface area contributed by atoms with E-state index in [1.807, 2.05) is 25.7 Å². The van der Waals surface area contributed by atoms with Gasteiger partial charge in [0.25, 0.3) is 0 Å². The van der Waals surface area contributed by atoms with Crippen LogP contribution in [0.2, 0.25) is 0 Å². The number of rotatable bonds is 5. The van der Waals surface area contributed by atoms with Crippen molar-refractivity contribution in [1.82, 2.24) is 25.3 Å². The molecule has 0 saturated carbocycles. The van der Waals surface area contributed by atoms with Crippen LogP contribution in [0.4, 0.5) is 5.82 Å². The Bertz CT molecular complexity index is 829. The fourth-order valence-electron chi connectivity index (χ4n) is 3.29. The van der Waals surface area contributed by atoms with Gasteiger partial charge in [-0.25, -0.2) is 0 Å². The topological polar surface area (TPSA) is 115 Å². The van der Waals surface area contributed by atoms with Crippen LogP contribution in [-0.4, -0.2) is 62.2 Å². The van der Waals surface area contributed by atoms with E-state index in [1.54, 1.807) is 6.92 Å². The molecule has 0 unspecified atom stereocenters. The van der Waals surface area contributed by atoms with E-state index in [-0.39, 0.29) is 6.04 Å². The van der Waals surface area contributed by atoms with Crippen LogP contribution in [0.15, 0.2) is 4.42 Å². The smallest absolute Gasteiger partial charge is 0.230 e. The minimum Gasteiger partial charge on any atom is -0.424 e. The van der Waals surface area contributed by atoms with Crippen molar-refractivity contribution in [1.29, 1.82) is 5.26 Å². The predicted molar refractivity (Wildman–Crippen MR) is 93.3 cm³/mol. The molecule has 2 aromatic heterocycles. The van der Waals surface area contributed by atoms with E-state index in [0.29, 0.717) is 42.8 Å². The van der Waals surface area contributed by atoms with Gasteiger partial charge in [-0.05, 0) is 26.0 Å². The van der Waals surface area contributed by atoms with E-state index in [1.165, 1.54) is 0 Å². The minimum atomic E-state index is -0.575. The molecular formula is C17H23N7O2. The average Bonchev–Trinajstić information content (AvgIpc) is 3.20. The Morgan fingerprint density at radius 1 is 1.23 bits per heavy atom. The Balaban J connectivity index is 1.81. The van der Waals surface area contributed by atoms with Gasteiger partial charge in [-0.1, -0.05) is 6.92 Å². The summed E-state index contributed by atoms with van der Waals surface area (Å²) in [6.45, 7) is 9.61. The number of nitriles is 1. The summed E-state index contributed by atoms with van der Waals surface area (Å²) in [6.07, 6.45) is -0.575. The molecule has 138 valence electrons. The Morgan fingerprint density at radius 3 is 2.62 bits per heavy atom. The third-order valence-corrected chi connectivity index (χ3v) is 4.89. The van der Waals surface area contributed by atoms with Gasteiger partial charge in [0.05, 0.1) is 24.4 Å². The molecule has 1 aliphatic heterocycles. The predicted octanol–water partition coefficient (Wildman–Crippen LogP) is 0.728. The van der Waals surface area contributed by atoms with Crippen LogP contribution in [0.25, 0.3) is 0 Å². The first-order valence-electron chi connectivity index (χ1n) is 8.64. The number of nitrogens with zero attached hydrogens (tertiary/aromatic N) is 7. The van der Waals surface area contributed by atoms with Gasteiger partial charge in [0.2, 0.25) is 11.8 Å². The molecule has 3 rings (SSSR count). The summed E-state index contributed by atoms with van der Waals surface area (Å²) < 4.78 is 5.46. The number of hydrogen-bond acceptors (Lipinski definition) is 9. The first-order chi connectivity index (χ1) is 12.4. The lowest BCUT2D eigenvalue weighted by Gasteiger charge is -2.28. The summed E-state index contributed by atoms with van der Waals surface area (Å²) in [5.74, 6) is 1.58. The van der Waals surface area contributed by atoms with Gasteiger partial charge < -0.3 is 14.4 Å². The standard InChI is InChI=1S/C17H23N7O2/c1-5-23(9-16-21-20-12(4)26-16)14-7-24(8-15(14)25)17-13(6-18)10(2)11(3)19-22-17/h14-15,25H,5,7-9H2,1-4H3/t14-,15+/m0/s1. The number of aliphatic hydroxyl groups is 1. The Kier molecular flexibility index (Phi) is 5.15. The van der Waals surface area contributed by atoms with Crippen LogP contribution in [0.1, 0.15) is 35.5 Å². The molecule has 2 aromatic rings. The average molecular weight is 357 g/mol. The molecule has 0 amide bonds. The molecule has 3 heterocycles. The summed E-state index contributed by atoms with van der Waals surface area (Å²) in [6, 6.07) is 2.10. The van der Waals surface area contributed by atoms with E-state index in [4.69, 9.17) is 4.42 Å². The van der Waals surface area contributed by atoms with E-state index < -0.39 is 6.10 Å². The van der Waals surface area contributed by atoms with Crippen LogP contribution >= 0.6 is 0 Å². The van der Waals surface area contributed by atoms with Gasteiger partial charge in [-0.3, -0.25) is 4.90 Å². The maximum atomic E-state index is 10.6. The van der Waals surface area contributed by atoms with Crippen molar-refractivity contribution >= 4 is 5.82 Å².